The van der Waals surface area contributed by atoms with Crippen molar-refractivity contribution in [2.45, 2.75) is 26.4 Å². The first-order valence-corrected chi connectivity index (χ1v) is 5.62. The minimum atomic E-state index is 0.796. The van der Waals surface area contributed by atoms with E-state index in [0.717, 1.165) is 31.8 Å². The lowest BCUT2D eigenvalue weighted by Gasteiger charge is -2.04. The number of rotatable bonds is 6. The fourth-order valence-corrected chi connectivity index (χ4v) is 1.62. The molecule has 0 unspecified atom stereocenters. The maximum absolute atomic E-state index is 5.46. The summed E-state index contributed by atoms with van der Waals surface area (Å²) in [6.45, 7) is 4.79. The molecule has 2 rings (SSSR count). The zero-order valence-electron chi connectivity index (χ0n) is 9.52. The van der Waals surface area contributed by atoms with E-state index in [4.69, 9.17) is 4.42 Å². The molecule has 0 spiro atoms. The third-order valence-electron chi connectivity index (χ3n) is 2.46. The first kappa shape index (κ1) is 11.0. The van der Waals surface area contributed by atoms with Crippen LogP contribution in [0.15, 0.2) is 35.5 Å². The second-order valence-corrected chi connectivity index (χ2v) is 3.78. The predicted molar refractivity (Wildman–Crippen MR) is 62.0 cm³/mol. The maximum atomic E-state index is 5.46. The lowest BCUT2D eigenvalue weighted by Crippen LogP contribution is -2.14. The molecule has 0 saturated carbocycles. The first-order chi connectivity index (χ1) is 7.90. The van der Waals surface area contributed by atoms with Crippen LogP contribution in [0.25, 0.3) is 0 Å². The molecule has 0 radical (unpaired) electrons. The third kappa shape index (κ3) is 2.73. The molecule has 0 aliphatic rings. The van der Waals surface area contributed by atoms with Crippen molar-refractivity contribution >= 4 is 0 Å². The van der Waals surface area contributed by atoms with E-state index < -0.39 is 0 Å². The monoisotopic (exact) mass is 219 g/mol. The molecule has 0 saturated heterocycles. The molecule has 0 aromatic carbocycles. The van der Waals surface area contributed by atoms with Gasteiger partial charge in [-0.3, -0.25) is 0 Å². The summed E-state index contributed by atoms with van der Waals surface area (Å²) in [5.74, 6) is 1.02. The van der Waals surface area contributed by atoms with Crippen molar-refractivity contribution in [2.24, 2.45) is 0 Å². The van der Waals surface area contributed by atoms with Crippen LogP contribution in [0.3, 0.4) is 0 Å². The molecule has 0 fully saturated rings. The highest BCUT2D eigenvalue weighted by Crippen LogP contribution is 2.11. The highest BCUT2D eigenvalue weighted by Gasteiger charge is 2.05. The lowest BCUT2D eigenvalue weighted by molar-refractivity contribution is 0.477. The topological polar surface area (TPSA) is 43.0 Å². The SMILES string of the molecule is CCCNCc1occc1Cn1ccnc1. The number of hydrogen-bond donors (Lipinski definition) is 1. The van der Waals surface area contributed by atoms with Crippen molar-refractivity contribution in [3.63, 3.8) is 0 Å². The van der Waals surface area contributed by atoms with Gasteiger partial charge in [-0.1, -0.05) is 6.92 Å². The molecule has 0 amide bonds. The van der Waals surface area contributed by atoms with Crippen LogP contribution in [-0.2, 0) is 13.1 Å². The number of nitrogens with zero attached hydrogens (tertiary/aromatic N) is 2. The van der Waals surface area contributed by atoms with Crippen LogP contribution in [0.1, 0.15) is 24.7 Å². The molecular formula is C12H17N3O. The Hall–Kier alpha value is -1.55. The molecule has 4 heteroatoms. The van der Waals surface area contributed by atoms with Gasteiger partial charge in [0.05, 0.1) is 25.7 Å². The van der Waals surface area contributed by atoms with Gasteiger partial charge in [-0.25, -0.2) is 4.98 Å². The number of nitrogens with one attached hydrogen (secondary N) is 1. The van der Waals surface area contributed by atoms with Crippen molar-refractivity contribution in [1.29, 1.82) is 0 Å². The summed E-state index contributed by atoms with van der Waals surface area (Å²) in [7, 11) is 0. The molecular weight excluding hydrogens is 202 g/mol. The molecule has 0 aliphatic carbocycles. The maximum Gasteiger partial charge on any atom is 0.122 e. The van der Waals surface area contributed by atoms with E-state index in [9.17, 15) is 0 Å². The summed E-state index contributed by atoms with van der Waals surface area (Å²) in [6.07, 6.45) is 8.44. The summed E-state index contributed by atoms with van der Waals surface area (Å²) in [5, 5.41) is 3.34. The van der Waals surface area contributed by atoms with Gasteiger partial charge in [0.15, 0.2) is 0 Å². The molecule has 2 aromatic heterocycles. The van der Waals surface area contributed by atoms with Crippen LogP contribution in [-0.4, -0.2) is 16.1 Å². The molecule has 86 valence electrons. The van der Waals surface area contributed by atoms with Gasteiger partial charge in [-0.05, 0) is 19.0 Å². The van der Waals surface area contributed by atoms with Crippen molar-refractivity contribution in [1.82, 2.24) is 14.9 Å². The van der Waals surface area contributed by atoms with Crippen LogP contribution in [0.4, 0.5) is 0 Å². The number of furan rings is 1. The van der Waals surface area contributed by atoms with Crippen molar-refractivity contribution in [3.05, 3.63) is 42.4 Å². The van der Waals surface area contributed by atoms with Gasteiger partial charge in [-0.15, -0.1) is 0 Å². The summed E-state index contributed by atoms with van der Waals surface area (Å²) < 4.78 is 7.50. The second-order valence-electron chi connectivity index (χ2n) is 3.78. The van der Waals surface area contributed by atoms with Gasteiger partial charge in [0.1, 0.15) is 5.76 Å². The smallest absolute Gasteiger partial charge is 0.122 e. The normalized spacial score (nSPS) is 10.8. The molecule has 1 N–H and O–H groups in total. The van der Waals surface area contributed by atoms with Gasteiger partial charge in [0.2, 0.25) is 0 Å². The van der Waals surface area contributed by atoms with E-state index in [2.05, 4.69) is 17.2 Å². The van der Waals surface area contributed by atoms with Crippen molar-refractivity contribution in [2.75, 3.05) is 6.54 Å². The van der Waals surface area contributed by atoms with Gasteiger partial charge >= 0.3 is 0 Å². The number of imidazole rings is 1. The lowest BCUT2D eigenvalue weighted by atomic mass is 10.2. The summed E-state index contributed by atoms with van der Waals surface area (Å²) in [5.41, 5.74) is 1.21. The summed E-state index contributed by atoms with van der Waals surface area (Å²) in [4.78, 5) is 4.02. The summed E-state index contributed by atoms with van der Waals surface area (Å²) in [6, 6.07) is 2.02. The van der Waals surface area contributed by atoms with Gasteiger partial charge < -0.3 is 14.3 Å². The van der Waals surface area contributed by atoms with Gasteiger partial charge in [0, 0.05) is 18.0 Å². The van der Waals surface area contributed by atoms with E-state index >= 15 is 0 Å². The average Bonchev–Trinajstić information content (AvgIpc) is 2.92. The minimum Gasteiger partial charge on any atom is -0.468 e. The molecule has 2 aromatic rings. The Kier molecular flexibility index (Phi) is 3.77. The van der Waals surface area contributed by atoms with Crippen LogP contribution in [0.5, 0.6) is 0 Å². The molecule has 2 heterocycles. The van der Waals surface area contributed by atoms with E-state index in [0.29, 0.717) is 0 Å². The van der Waals surface area contributed by atoms with Crippen LogP contribution in [0.2, 0.25) is 0 Å². The van der Waals surface area contributed by atoms with E-state index in [1.54, 1.807) is 12.5 Å². The number of hydrogen-bond acceptors (Lipinski definition) is 3. The zero-order chi connectivity index (χ0) is 11.2. The Morgan fingerprint density at radius 2 is 2.44 bits per heavy atom. The quantitative estimate of drug-likeness (QED) is 0.756. The van der Waals surface area contributed by atoms with Crippen LogP contribution in [0, 0.1) is 0 Å². The molecule has 0 bridgehead atoms. The van der Waals surface area contributed by atoms with Crippen LogP contribution < -0.4 is 5.32 Å². The van der Waals surface area contributed by atoms with Gasteiger partial charge in [-0.2, -0.15) is 0 Å². The fraction of sp³-hybridized carbons (Fsp3) is 0.417. The Morgan fingerprint density at radius 1 is 1.50 bits per heavy atom. The molecule has 0 aliphatic heterocycles. The van der Waals surface area contributed by atoms with E-state index in [1.165, 1.54) is 5.56 Å². The van der Waals surface area contributed by atoms with E-state index in [1.807, 2.05) is 23.2 Å². The van der Waals surface area contributed by atoms with Gasteiger partial charge in [0.25, 0.3) is 0 Å². The standard InChI is InChI=1S/C12H17N3O/c1-2-4-13-8-12-11(3-7-16-12)9-15-6-5-14-10-15/h3,5-7,10,13H,2,4,8-9H2,1H3. The average molecular weight is 219 g/mol. The van der Waals surface area contributed by atoms with E-state index in [-0.39, 0.29) is 0 Å². The Labute approximate surface area is 95.3 Å². The minimum absolute atomic E-state index is 0.796. The summed E-state index contributed by atoms with van der Waals surface area (Å²) >= 11 is 0. The van der Waals surface area contributed by atoms with Crippen molar-refractivity contribution < 1.29 is 4.42 Å². The predicted octanol–water partition coefficient (Wildman–Crippen LogP) is 2.02. The zero-order valence-corrected chi connectivity index (χ0v) is 9.52. The highest BCUT2D eigenvalue weighted by molar-refractivity contribution is 5.17. The van der Waals surface area contributed by atoms with Crippen molar-refractivity contribution in [3.8, 4) is 0 Å². The molecule has 0 atom stereocenters. The van der Waals surface area contributed by atoms with Crippen LogP contribution >= 0.6 is 0 Å². The Morgan fingerprint density at radius 3 is 3.19 bits per heavy atom. The second kappa shape index (κ2) is 5.51. The number of aromatic nitrogens is 2. The third-order valence-corrected chi connectivity index (χ3v) is 2.46. The highest BCUT2D eigenvalue weighted by atomic mass is 16.3. The molecule has 16 heavy (non-hydrogen) atoms. The first-order valence-electron chi connectivity index (χ1n) is 5.62. The largest absolute Gasteiger partial charge is 0.468 e. The Bertz CT molecular complexity index is 406. The molecule has 4 nitrogen and oxygen atoms in total. The Balaban J connectivity index is 1.96. The fourth-order valence-electron chi connectivity index (χ4n) is 1.62.